The number of alkyl halides is 3. The van der Waals surface area contributed by atoms with E-state index in [1.54, 1.807) is 0 Å². The van der Waals surface area contributed by atoms with E-state index in [1.807, 2.05) is 0 Å². The number of methoxy groups -OCH3 is 1. The predicted molar refractivity (Wildman–Crippen MR) is 135 cm³/mol. The van der Waals surface area contributed by atoms with Gasteiger partial charge in [0.25, 0.3) is 11.8 Å². The minimum absolute atomic E-state index is 0.0274. The van der Waals surface area contributed by atoms with Crippen LogP contribution >= 0.6 is 46.1 Å². The van der Waals surface area contributed by atoms with Crippen LogP contribution in [-0.4, -0.2) is 31.5 Å². The van der Waals surface area contributed by atoms with Crippen molar-refractivity contribution in [2.75, 3.05) is 24.4 Å². The molecule has 0 radical (unpaired) electrons. The van der Waals surface area contributed by atoms with Crippen molar-refractivity contribution in [3.8, 4) is 5.75 Å². The van der Waals surface area contributed by atoms with E-state index in [1.165, 1.54) is 25.1 Å². The quantitative estimate of drug-likeness (QED) is 0.285. The summed E-state index contributed by atoms with van der Waals surface area (Å²) in [5, 5.41) is 5.18. The lowest BCUT2D eigenvalue weighted by molar-refractivity contribution is -0.137. The molecule has 7 nitrogen and oxygen atoms in total. The Morgan fingerprint density at radius 3 is 2.32 bits per heavy atom. The maximum absolute atomic E-state index is 13.1. The number of ether oxygens (including phenoxy) is 2. The van der Waals surface area contributed by atoms with Gasteiger partial charge in [-0.05, 0) is 48.9 Å². The van der Waals surface area contributed by atoms with Gasteiger partial charge < -0.3 is 20.1 Å². The molecule has 0 saturated heterocycles. The van der Waals surface area contributed by atoms with Crippen LogP contribution in [0, 0.1) is 6.92 Å². The van der Waals surface area contributed by atoms with Crippen LogP contribution in [0.3, 0.4) is 0 Å². The summed E-state index contributed by atoms with van der Waals surface area (Å²) in [7, 11) is 1.11. The summed E-state index contributed by atoms with van der Waals surface area (Å²) in [6.45, 7) is 0.922. The van der Waals surface area contributed by atoms with Crippen LogP contribution in [-0.2, 0) is 15.7 Å². The van der Waals surface area contributed by atoms with Gasteiger partial charge in [-0.1, -0.05) is 34.8 Å². The molecule has 0 aliphatic carbocycles. The zero-order valence-electron chi connectivity index (χ0n) is 18.9. The van der Waals surface area contributed by atoms with Crippen molar-refractivity contribution >= 4 is 74.6 Å². The Morgan fingerprint density at radius 1 is 1.00 bits per heavy atom. The summed E-state index contributed by atoms with van der Waals surface area (Å²) in [5.74, 6) is -2.19. The summed E-state index contributed by atoms with van der Waals surface area (Å²) in [4.78, 5) is 37.8. The third kappa shape index (κ3) is 6.86. The van der Waals surface area contributed by atoms with Crippen molar-refractivity contribution in [1.82, 2.24) is 0 Å². The molecule has 14 heteroatoms. The van der Waals surface area contributed by atoms with E-state index >= 15 is 0 Å². The van der Waals surface area contributed by atoms with Crippen molar-refractivity contribution in [1.29, 1.82) is 0 Å². The number of hydrogen-bond acceptors (Lipinski definition) is 6. The lowest BCUT2D eigenvalue weighted by Crippen LogP contribution is -2.21. The highest BCUT2D eigenvalue weighted by atomic mass is 35.5. The second kappa shape index (κ2) is 11.6. The van der Waals surface area contributed by atoms with E-state index in [4.69, 9.17) is 44.3 Å². The Morgan fingerprint density at radius 2 is 1.70 bits per heavy atom. The molecule has 0 atom stereocenters. The van der Waals surface area contributed by atoms with Crippen molar-refractivity contribution in [3.05, 3.63) is 73.0 Å². The number of esters is 1. The van der Waals surface area contributed by atoms with Gasteiger partial charge in [-0.25, -0.2) is 4.79 Å². The molecule has 1 heterocycles. The third-order valence-electron chi connectivity index (χ3n) is 4.79. The van der Waals surface area contributed by atoms with Gasteiger partial charge in [-0.2, -0.15) is 13.2 Å². The number of carbonyl (C=O) groups excluding carboxylic acids is 3. The monoisotopic (exact) mass is 594 g/mol. The molecule has 3 aromatic rings. The maximum atomic E-state index is 13.1. The topological polar surface area (TPSA) is 93.7 Å². The van der Waals surface area contributed by atoms with Gasteiger partial charge in [-0.3, -0.25) is 9.59 Å². The molecule has 0 saturated carbocycles. The summed E-state index contributed by atoms with van der Waals surface area (Å²) in [6, 6.07) is 6.87. The van der Waals surface area contributed by atoms with Crippen molar-refractivity contribution in [2.24, 2.45) is 0 Å². The first-order valence-corrected chi connectivity index (χ1v) is 12.0. The van der Waals surface area contributed by atoms with E-state index in [0.717, 1.165) is 30.6 Å². The van der Waals surface area contributed by atoms with E-state index in [2.05, 4.69) is 10.6 Å². The third-order valence-corrected chi connectivity index (χ3v) is 6.86. The lowest BCUT2D eigenvalue weighted by Gasteiger charge is -2.11. The molecular formula is C23H16Cl3F3N2O5S. The second-order valence-electron chi connectivity index (χ2n) is 7.31. The van der Waals surface area contributed by atoms with Crippen LogP contribution in [0.15, 0.2) is 36.4 Å². The number of nitrogens with one attached hydrogen (secondary N) is 2. The largest absolute Gasteiger partial charge is 0.482 e. The van der Waals surface area contributed by atoms with Crippen LogP contribution in [0.4, 0.5) is 23.9 Å². The first-order valence-electron chi connectivity index (χ1n) is 10.1. The molecule has 1 aromatic heterocycles. The molecule has 2 amide bonds. The fourth-order valence-corrected chi connectivity index (χ4v) is 4.77. The Hall–Kier alpha value is -2.99. The molecule has 0 unspecified atom stereocenters. The summed E-state index contributed by atoms with van der Waals surface area (Å²) >= 11 is 18.5. The Labute approximate surface area is 227 Å². The van der Waals surface area contributed by atoms with E-state index in [-0.39, 0.29) is 42.5 Å². The van der Waals surface area contributed by atoms with Gasteiger partial charge >= 0.3 is 12.1 Å². The van der Waals surface area contributed by atoms with Gasteiger partial charge in [0.2, 0.25) is 0 Å². The molecule has 2 aromatic carbocycles. The Kier molecular flexibility index (Phi) is 8.96. The van der Waals surface area contributed by atoms with E-state index < -0.39 is 36.1 Å². The molecule has 0 fully saturated rings. The molecule has 2 N–H and O–H groups in total. The summed E-state index contributed by atoms with van der Waals surface area (Å²) in [5.41, 5.74) is -1.27. The first-order chi connectivity index (χ1) is 17.3. The number of halogens is 6. The highest BCUT2D eigenvalue weighted by Gasteiger charge is 2.32. The highest BCUT2D eigenvalue weighted by molar-refractivity contribution is 7.19. The standard InChI is InChI=1S/C23H16Cl3F3N2O5S/c1-10-18(22(34)35-2)21(31-17(32)9-36-16-6-4-12(24)8-14(16)26)37-19(10)20(33)30-15-7-11(23(27,28)29)3-5-13(15)25/h3-8H,9H2,1-2H3,(H,30,33)(H,31,32). The average Bonchev–Trinajstić information content (AvgIpc) is 3.14. The number of rotatable bonds is 7. The maximum Gasteiger partial charge on any atom is 0.416 e. The van der Waals surface area contributed by atoms with Gasteiger partial charge in [0.1, 0.15) is 10.8 Å². The molecule has 3 rings (SSSR count). The molecule has 0 bridgehead atoms. The normalized spacial score (nSPS) is 11.1. The summed E-state index contributed by atoms with van der Waals surface area (Å²) in [6.07, 6.45) is -4.66. The molecular weight excluding hydrogens is 580 g/mol. The van der Waals surface area contributed by atoms with Crippen molar-refractivity contribution in [2.45, 2.75) is 13.1 Å². The molecule has 0 aliphatic rings. The van der Waals surface area contributed by atoms with Crippen LogP contribution in [0.5, 0.6) is 5.75 Å². The fraction of sp³-hybridized carbons (Fsp3) is 0.174. The Bertz CT molecular complexity index is 1380. The van der Waals surface area contributed by atoms with Gasteiger partial charge in [0.05, 0.1) is 38.8 Å². The van der Waals surface area contributed by atoms with Crippen LogP contribution in [0.25, 0.3) is 0 Å². The number of thiophene rings is 1. The molecule has 196 valence electrons. The van der Waals surface area contributed by atoms with Crippen molar-refractivity contribution in [3.63, 3.8) is 0 Å². The number of benzene rings is 2. The minimum atomic E-state index is -4.66. The number of carbonyl (C=O) groups is 3. The van der Waals surface area contributed by atoms with Gasteiger partial charge in [-0.15, -0.1) is 11.3 Å². The predicted octanol–water partition coefficient (Wildman–Crippen LogP) is 7.09. The van der Waals surface area contributed by atoms with Crippen LogP contribution < -0.4 is 15.4 Å². The minimum Gasteiger partial charge on any atom is -0.482 e. The number of hydrogen-bond donors (Lipinski definition) is 2. The van der Waals surface area contributed by atoms with E-state index in [9.17, 15) is 27.6 Å². The molecule has 0 aliphatic heterocycles. The zero-order chi connectivity index (χ0) is 27.5. The molecule has 0 spiro atoms. The first kappa shape index (κ1) is 28.6. The molecule has 37 heavy (non-hydrogen) atoms. The average molecular weight is 596 g/mol. The smallest absolute Gasteiger partial charge is 0.416 e. The fourth-order valence-electron chi connectivity index (χ4n) is 3.04. The zero-order valence-corrected chi connectivity index (χ0v) is 22.0. The van der Waals surface area contributed by atoms with Crippen LogP contribution in [0.1, 0.15) is 31.2 Å². The lowest BCUT2D eigenvalue weighted by atomic mass is 10.1. The van der Waals surface area contributed by atoms with E-state index in [0.29, 0.717) is 11.1 Å². The second-order valence-corrected chi connectivity index (χ2v) is 9.58. The Balaban J connectivity index is 1.84. The number of amides is 2. The van der Waals surface area contributed by atoms with Gasteiger partial charge in [0.15, 0.2) is 6.61 Å². The number of anilines is 2. The van der Waals surface area contributed by atoms with Crippen LogP contribution in [0.2, 0.25) is 15.1 Å². The SMILES string of the molecule is COC(=O)c1c(NC(=O)COc2ccc(Cl)cc2Cl)sc(C(=O)Nc2cc(C(F)(F)F)ccc2Cl)c1C. The summed E-state index contributed by atoms with van der Waals surface area (Å²) < 4.78 is 49.3. The van der Waals surface area contributed by atoms with Gasteiger partial charge in [0, 0.05) is 5.02 Å². The van der Waals surface area contributed by atoms with Crippen molar-refractivity contribution < 1.29 is 37.0 Å². The highest BCUT2D eigenvalue weighted by Crippen LogP contribution is 2.37.